The molecule has 0 bridgehead atoms. The SMILES string of the molecule is CCCC=CC(=O)Oc1ccc(C(C)CCC)cc1. The van der Waals surface area contributed by atoms with Gasteiger partial charge in [0.25, 0.3) is 0 Å². The number of hydrogen-bond donors (Lipinski definition) is 0. The zero-order chi connectivity index (χ0) is 14.1. The van der Waals surface area contributed by atoms with Crippen LogP contribution >= 0.6 is 0 Å². The summed E-state index contributed by atoms with van der Waals surface area (Å²) in [6.07, 6.45) is 7.65. The minimum Gasteiger partial charge on any atom is -0.423 e. The Morgan fingerprint density at radius 1 is 1.21 bits per heavy atom. The van der Waals surface area contributed by atoms with E-state index in [4.69, 9.17) is 4.74 Å². The average molecular weight is 260 g/mol. The summed E-state index contributed by atoms with van der Waals surface area (Å²) in [5, 5.41) is 0. The van der Waals surface area contributed by atoms with E-state index in [0.29, 0.717) is 11.7 Å². The van der Waals surface area contributed by atoms with Crippen molar-refractivity contribution in [3.63, 3.8) is 0 Å². The van der Waals surface area contributed by atoms with Gasteiger partial charge in [0, 0.05) is 6.08 Å². The summed E-state index contributed by atoms with van der Waals surface area (Å²) in [7, 11) is 0. The first-order valence-electron chi connectivity index (χ1n) is 7.15. The Bertz CT molecular complexity index is 404. The molecule has 0 aliphatic heterocycles. The first-order chi connectivity index (χ1) is 9.17. The van der Waals surface area contributed by atoms with Crippen molar-refractivity contribution in [1.82, 2.24) is 0 Å². The van der Waals surface area contributed by atoms with Crippen LogP contribution in [0.4, 0.5) is 0 Å². The number of rotatable bonds is 7. The Hall–Kier alpha value is -1.57. The lowest BCUT2D eigenvalue weighted by molar-refractivity contribution is -0.129. The van der Waals surface area contributed by atoms with E-state index in [1.807, 2.05) is 30.3 Å². The van der Waals surface area contributed by atoms with Gasteiger partial charge in [0.1, 0.15) is 5.75 Å². The summed E-state index contributed by atoms with van der Waals surface area (Å²) >= 11 is 0. The molecule has 0 saturated heterocycles. The Balaban J connectivity index is 2.54. The maximum absolute atomic E-state index is 11.5. The van der Waals surface area contributed by atoms with Crippen molar-refractivity contribution < 1.29 is 9.53 Å². The summed E-state index contributed by atoms with van der Waals surface area (Å²) in [6.45, 7) is 6.49. The molecule has 0 aromatic heterocycles. The first kappa shape index (κ1) is 15.5. The summed E-state index contributed by atoms with van der Waals surface area (Å²) < 4.78 is 5.23. The molecular weight excluding hydrogens is 236 g/mol. The third-order valence-electron chi connectivity index (χ3n) is 3.10. The molecule has 104 valence electrons. The molecule has 0 aliphatic carbocycles. The van der Waals surface area contributed by atoms with Crippen molar-refractivity contribution in [2.45, 2.75) is 52.4 Å². The van der Waals surface area contributed by atoms with Gasteiger partial charge >= 0.3 is 5.97 Å². The second-order valence-electron chi connectivity index (χ2n) is 4.87. The van der Waals surface area contributed by atoms with Gasteiger partial charge in [-0.1, -0.05) is 51.8 Å². The number of ether oxygens (including phenoxy) is 1. The molecule has 2 nitrogen and oxygen atoms in total. The molecule has 0 radical (unpaired) electrons. The molecule has 0 saturated carbocycles. The van der Waals surface area contributed by atoms with E-state index in [2.05, 4.69) is 20.8 Å². The second-order valence-corrected chi connectivity index (χ2v) is 4.87. The van der Waals surface area contributed by atoms with Crippen LogP contribution in [0.2, 0.25) is 0 Å². The van der Waals surface area contributed by atoms with E-state index < -0.39 is 0 Å². The van der Waals surface area contributed by atoms with Crippen molar-refractivity contribution >= 4 is 5.97 Å². The van der Waals surface area contributed by atoms with Gasteiger partial charge in [0.2, 0.25) is 0 Å². The molecule has 2 heteroatoms. The average Bonchev–Trinajstić information content (AvgIpc) is 2.40. The smallest absolute Gasteiger partial charge is 0.335 e. The highest BCUT2D eigenvalue weighted by Crippen LogP contribution is 2.22. The Labute approximate surface area is 116 Å². The fourth-order valence-corrected chi connectivity index (χ4v) is 1.96. The van der Waals surface area contributed by atoms with Gasteiger partial charge in [0.05, 0.1) is 0 Å². The lowest BCUT2D eigenvalue weighted by Gasteiger charge is -2.10. The van der Waals surface area contributed by atoms with E-state index >= 15 is 0 Å². The standard InChI is InChI=1S/C17H24O2/c1-4-6-7-9-17(18)19-16-12-10-15(11-13-16)14(3)8-5-2/h7,9-14H,4-6,8H2,1-3H3. The van der Waals surface area contributed by atoms with Gasteiger partial charge in [-0.3, -0.25) is 0 Å². The summed E-state index contributed by atoms with van der Waals surface area (Å²) in [6, 6.07) is 7.82. The van der Waals surface area contributed by atoms with Crippen molar-refractivity contribution in [3.05, 3.63) is 42.0 Å². The molecule has 1 aromatic rings. The fourth-order valence-electron chi connectivity index (χ4n) is 1.96. The summed E-state index contributed by atoms with van der Waals surface area (Å²) in [5.41, 5.74) is 1.29. The monoisotopic (exact) mass is 260 g/mol. The summed E-state index contributed by atoms with van der Waals surface area (Å²) in [4.78, 5) is 11.5. The van der Waals surface area contributed by atoms with Crippen LogP contribution in [0.25, 0.3) is 0 Å². The highest BCUT2D eigenvalue weighted by atomic mass is 16.5. The van der Waals surface area contributed by atoms with Gasteiger partial charge < -0.3 is 4.74 Å². The molecule has 19 heavy (non-hydrogen) atoms. The van der Waals surface area contributed by atoms with Gasteiger partial charge in [-0.25, -0.2) is 4.79 Å². The minimum atomic E-state index is -0.303. The third kappa shape index (κ3) is 5.73. The van der Waals surface area contributed by atoms with Crippen molar-refractivity contribution in [2.75, 3.05) is 0 Å². The number of carbonyl (C=O) groups is 1. The zero-order valence-electron chi connectivity index (χ0n) is 12.2. The quantitative estimate of drug-likeness (QED) is 0.398. The molecule has 0 N–H and O–H groups in total. The van der Waals surface area contributed by atoms with Crippen molar-refractivity contribution in [1.29, 1.82) is 0 Å². The van der Waals surface area contributed by atoms with Crippen LogP contribution in [-0.4, -0.2) is 5.97 Å². The van der Waals surface area contributed by atoms with Crippen LogP contribution < -0.4 is 4.74 Å². The zero-order valence-corrected chi connectivity index (χ0v) is 12.2. The van der Waals surface area contributed by atoms with Gasteiger partial charge in [-0.15, -0.1) is 0 Å². The Morgan fingerprint density at radius 2 is 1.89 bits per heavy atom. The van der Waals surface area contributed by atoms with Crippen LogP contribution in [0, 0.1) is 0 Å². The predicted octanol–water partition coefficient (Wildman–Crippen LogP) is 4.85. The number of hydrogen-bond acceptors (Lipinski definition) is 2. The number of unbranched alkanes of at least 4 members (excludes halogenated alkanes) is 1. The van der Waals surface area contributed by atoms with E-state index in [1.165, 1.54) is 24.5 Å². The number of esters is 1. The molecule has 1 rings (SSSR count). The normalized spacial score (nSPS) is 12.6. The van der Waals surface area contributed by atoms with Gasteiger partial charge in [0.15, 0.2) is 0 Å². The summed E-state index contributed by atoms with van der Waals surface area (Å²) in [5.74, 6) is 0.862. The molecule has 1 unspecified atom stereocenters. The van der Waals surface area contributed by atoms with Gasteiger partial charge in [-0.05, 0) is 36.5 Å². The topological polar surface area (TPSA) is 26.3 Å². The third-order valence-corrected chi connectivity index (χ3v) is 3.10. The van der Waals surface area contributed by atoms with Gasteiger partial charge in [-0.2, -0.15) is 0 Å². The molecule has 1 atom stereocenters. The van der Waals surface area contributed by atoms with Crippen LogP contribution in [0.3, 0.4) is 0 Å². The number of carbonyl (C=O) groups excluding carboxylic acids is 1. The highest BCUT2D eigenvalue weighted by Gasteiger charge is 2.05. The number of benzene rings is 1. The largest absolute Gasteiger partial charge is 0.423 e. The molecule has 0 heterocycles. The maximum Gasteiger partial charge on any atom is 0.335 e. The van der Waals surface area contributed by atoms with Crippen LogP contribution in [-0.2, 0) is 4.79 Å². The van der Waals surface area contributed by atoms with E-state index in [-0.39, 0.29) is 5.97 Å². The fraction of sp³-hybridized carbons (Fsp3) is 0.471. The first-order valence-corrected chi connectivity index (χ1v) is 7.15. The predicted molar refractivity (Wildman–Crippen MR) is 79.4 cm³/mol. The van der Waals surface area contributed by atoms with E-state index in [0.717, 1.165) is 12.8 Å². The van der Waals surface area contributed by atoms with Crippen molar-refractivity contribution in [3.8, 4) is 5.75 Å². The lowest BCUT2D eigenvalue weighted by Crippen LogP contribution is -2.03. The van der Waals surface area contributed by atoms with E-state index in [1.54, 1.807) is 0 Å². The Morgan fingerprint density at radius 3 is 2.47 bits per heavy atom. The van der Waals surface area contributed by atoms with Crippen LogP contribution in [0.1, 0.15) is 57.9 Å². The molecule has 0 fully saturated rings. The molecule has 1 aromatic carbocycles. The van der Waals surface area contributed by atoms with Crippen LogP contribution in [0.15, 0.2) is 36.4 Å². The minimum absolute atomic E-state index is 0.303. The Kier molecular flexibility index (Phi) is 6.94. The molecule has 0 aliphatic rings. The van der Waals surface area contributed by atoms with E-state index in [9.17, 15) is 4.79 Å². The number of allylic oxidation sites excluding steroid dienone is 1. The molecule has 0 amide bonds. The highest BCUT2D eigenvalue weighted by molar-refractivity contribution is 5.83. The molecular formula is C17H24O2. The van der Waals surface area contributed by atoms with Crippen molar-refractivity contribution in [2.24, 2.45) is 0 Å². The second kappa shape index (κ2) is 8.52. The molecule has 0 spiro atoms. The van der Waals surface area contributed by atoms with Crippen LogP contribution in [0.5, 0.6) is 5.75 Å². The lowest BCUT2D eigenvalue weighted by atomic mass is 9.97. The maximum atomic E-state index is 11.5.